The molecule has 1 rings (SSSR count). The lowest BCUT2D eigenvalue weighted by molar-refractivity contribution is -0.119. The predicted octanol–water partition coefficient (Wildman–Crippen LogP) is 2.49. The first-order valence-corrected chi connectivity index (χ1v) is 5.21. The first kappa shape index (κ1) is 11.1. The topological polar surface area (TPSA) is 29.1 Å². The van der Waals surface area contributed by atoms with Crippen molar-refractivity contribution in [3.63, 3.8) is 0 Å². The normalized spacial score (nSPS) is 12.1. The summed E-state index contributed by atoms with van der Waals surface area (Å²) in [5, 5.41) is 2.86. The van der Waals surface area contributed by atoms with Gasteiger partial charge in [0.25, 0.3) is 0 Å². The summed E-state index contributed by atoms with van der Waals surface area (Å²) in [6.07, 6.45) is 0.868. The second-order valence-electron chi connectivity index (χ2n) is 3.07. The molecule has 76 valence electrons. The Morgan fingerprint density at radius 1 is 1.43 bits per heavy atom. The second kappa shape index (κ2) is 5.66. The molecule has 1 amide bonds. The van der Waals surface area contributed by atoms with Gasteiger partial charge in [0, 0.05) is 0 Å². The predicted molar refractivity (Wildman–Crippen MR) is 58.3 cm³/mol. The Morgan fingerprint density at radius 2 is 2.07 bits per heavy atom. The van der Waals surface area contributed by atoms with E-state index in [0.29, 0.717) is 0 Å². The van der Waals surface area contributed by atoms with E-state index in [1.165, 1.54) is 0 Å². The van der Waals surface area contributed by atoms with Gasteiger partial charge in [-0.1, -0.05) is 37.3 Å². The fourth-order valence-electron chi connectivity index (χ4n) is 1.34. The Morgan fingerprint density at radius 3 is 2.57 bits per heavy atom. The summed E-state index contributed by atoms with van der Waals surface area (Å²) in [6.45, 7) is 2.03. The molecule has 14 heavy (non-hydrogen) atoms. The third kappa shape index (κ3) is 3.04. The molecule has 1 N–H and O–H groups in total. The molecule has 1 atom stereocenters. The van der Waals surface area contributed by atoms with Gasteiger partial charge in [-0.3, -0.25) is 4.79 Å². The quantitative estimate of drug-likeness (QED) is 0.762. The van der Waals surface area contributed by atoms with Crippen LogP contribution in [-0.2, 0) is 4.79 Å². The molecule has 1 aromatic rings. The van der Waals surface area contributed by atoms with Crippen molar-refractivity contribution in [2.75, 3.05) is 5.88 Å². The summed E-state index contributed by atoms with van der Waals surface area (Å²) in [6, 6.07) is 9.96. The van der Waals surface area contributed by atoms with Crippen LogP contribution in [0.1, 0.15) is 24.9 Å². The highest BCUT2D eigenvalue weighted by Gasteiger charge is 2.10. The lowest BCUT2D eigenvalue weighted by Crippen LogP contribution is -2.28. The molecule has 0 aliphatic carbocycles. The molecule has 0 bridgehead atoms. The summed E-state index contributed by atoms with van der Waals surface area (Å²) in [5.41, 5.74) is 1.12. The van der Waals surface area contributed by atoms with Gasteiger partial charge in [0.2, 0.25) is 5.91 Å². The zero-order valence-electron chi connectivity index (χ0n) is 8.16. The van der Waals surface area contributed by atoms with Gasteiger partial charge < -0.3 is 5.32 Å². The number of carbonyl (C=O) groups is 1. The lowest BCUT2D eigenvalue weighted by atomic mass is 10.0. The Bertz CT molecular complexity index is 287. The zero-order chi connectivity index (χ0) is 10.4. The summed E-state index contributed by atoms with van der Waals surface area (Å²) in [4.78, 5) is 11.1. The minimum Gasteiger partial charge on any atom is -0.348 e. The molecule has 0 aliphatic rings. The maximum absolute atomic E-state index is 11.1. The van der Waals surface area contributed by atoms with Crippen LogP contribution in [-0.4, -0.2) is 11.8 Å². The highest BCUT2D eigenvalue weighted by molar-refractivity contribution is 6.27. The van der Waals surface area contributed by atoms with Crippen LogP contribution in [0.25, 0.3) is 0 Å². The number of benzene rings is 1. The Balaban J connectivity index is 2.68. The number of hydrogen-bond acceptors (Lipinski definition) is 1. The fourth-order valence-corrected chi connectivity index (χ4v) is 1.42. The van der Waals surface area contributed by atoms with Gasteiger partial charge in [-0.2, -0.15) is 0 Å². The van der Waals surface area contributed by atoms with E-state index in [9.17, 15) is 4.79 Å². The van der Waals surface area contributed by atoms with Crippen molar-refractivity contribution in [3.8, 4) is 0 Å². The van der Waals surface area contributed by atoms with Crippen molar-refractivity contribution in [2.45, 2.75) is 19.4 Å². The third-order valence-electron chi connectivity index (χ3n) is 2.07. The first-order chi connectivity index (χ1) is 6.77. The van der Waals surface area contributed by atoms with E-state index in [0.717, 1.165) is 12.0 Å². The Labute approximate surface area is 89.3 Å². The standard InChI is InChI=1S/C11H14ClNO/c1-2-10(13-11(14)8-12)9-6-4-3-5-7-9/h3-7,10H,2,8H2,1H3,(H,13,14)/t10-/m1/s1. The Hall–Kier alpha value is -1.02. The van der Waals surface area contributed by atoms with E-state index in [-0.39, 0.29) is 17.8 Å². The van der Waals surface area contributed by atoms with Gasteiger partial charge in [0.05, 0.1) is 6.04 Å². The third-order valence-corrected chi connectivity index (χ3v) is 2.31. The minimum absolute atomic E-state index is 0.0172. The van der Waals surface area contributed by atoms with Crippen LogP contribution in [0.4, 0.5) is 0 Å². The van der Waals surface area contributed by atoms with Crippen molar-refractivity contribution in [1.82, 2.24) is 5.32 Å². The summed E-state index contributed by atoms with van der Waals surface area (Å²) in [7, 11) is 0. The van der Waals surface area contributed by atoms with Crippen molar-refractivity contribution in [2.24, 2.45) is 0 Å². The monoisotopic (exact) mass is 211 g/mol. The largest absolute Gasteiger partial charge is 0.348 e. The molecule has 0 heterocycles. The van der Waals surface area contributed by atoms with E-state index < -0.39 is 0 Å². The van der Waals surface area contributed by atoms with E-state index in [1.807, 2.05) is 37.3 Å². The number of rotatable bonds is 4. The van der Waals surface area contributed by atoms with Crippen molar-refractivity contribution in [3.05, 3.63) is 35.9 Å². The van der Waals surface area contributed by atoms with Gasteiger partial charge in [-0.05, 0) is 12.0 Å². The molecule has 3 heteroatoms. The van der Waals surface area contributed by atoms with Gasteiger partial charge in [0.15, 0.2) is 0 Å². The molecule has 0 unspecified atom stereocenters. The molecule has 0 aliphatic heterocycles. The Kier molecular flexibility index (Phi) is 4.47. The van der Waals surface area contributed by atoms with Gasteiger partial charge in [0.1, 0.15) is 5.88 Å². The fraction of sp³-hybridized carbons (Fsp3) is 0.364. The number of halogens is 1. The average Bonchev–Trinajstić information content (AvgIpc) is 2.26. The lowest BCUT2D eigenvalue weighted by Gasteiger charge is -2.16. The maximum atomic E-state index is 11.1. The molecular formula is C11H14ClNO. The number of amides is 1. The van der Waals surface area contributed by atoms with Crippen LogP contribution in [0, 0.1) is 0 Å². The van der Waals surface area contributed by atoms with Crippen LogP contribution in [0.2, 0.25) is 0 Å². The van der Waals surface area contributed by atoms with Gasteiger partial charge in [-0.15, -0.1) is 11.6 Å². The zero-order valence-corrected chi connectivity index (χ0v) is 8.92. The molecule has 0 fully saturated rings. The number of alkyl halides is 1. The molecule has 1 aromatic carbocycles. The average molecular weight is 212 g/mol. The summed E-state index contributed by atoms with van der Waals surface area (Å²) < 4.78 is 0. The molecule has 0 saturated heterocycles. The summed E-state index contributed by atoms with van der Waals surface area (Å²) in [5.74, 6) is -0.106. The molecule has 2 nitrogen and oxygen atoms in total. The van der Waals surface area contributed by atoms with Crippen LogP contribution in [0.15, 0.2) is 30.3 Å². The molecule has 0 radical (unpaired) electrons. The highest BCUT2D eigenvalue weighted by Crippen LogP contribution is 2.15. The van der Waals surface area contributed by atoms with E-state index in [2.05, 4.69) is 5.32 Å². The molecule has 0 aromatic heterocycles. The molecule has 0 spiro atoms. The maximum Gasteiger partial charge on any atom is 0.235 e. The van der Waals surface area contributed by atoms with E-state index >= 15 is 0 Å². The van der Waals surface area contributed by atoms with Crippen LogP contribution >= 0.6 is 11.6 Å². The second-order valence-corrected chi connectivity index (χ2v) is 3.34. The van der Waals surface area contributed by atoms with Gasteiger partial charge in [-0.25, -0.2) is 0 Å². The van der Waals surface area contributed by atoms with Crippen molar-refractivity contribution in [1.29, 1.82) is 0 Å². The van der Waals surface area contributed by atoms with Gasteiger partial charge >= 0.3 is 0 Å². The molecular weight excluding hydrogens is 198 g/mol. The van der Waals surface area contributed by atoms with Crippen molar-refractivity contribution >= 4 is 17.5 Å². The first-order valence-electron chi connectivity index (χ1n) is 4.68. The number of carbonyl (C=O) groups excluding carboxylic acids is 1. The highest BCUT2D eigenvalue weighted by atomic mass is 35.5. The van der Waals surface area contributed by atoms with Crippen LogP contribution in [0.3, 0.4) is 0 Å². The molecule has 0 saturated carbocycles. The van der Waals surface area contributed by atoms with Crippen molar-refractivity contribution < 1.29 is 4.79 Å². The van der Waals surface area contributed by atoms with E-state index in [4.69, 9.17) is 11.6 Å². The van der Waals surface area contributed by atoms with Crippen LogP contribution < -0.4 is 5.32 Å². The smallest absolute Gasteiger partial charge is 0.235 e. The minimum atomic E-state index is -0.123. The summed E-state index contributed by atoms with van der Waals surface area (Å²) >= 11 is 5.43. The van der Waals surface area contributed by atoms with E-state index in [1.54, 1.807) is 0 Å². The number of hydrogen-bond donors (Lipinski definition) is 1. The van der Waals surface area contributed by atoms with Crippen LogP contribution in [0.5, 0.6) is 0 Å². The SMILES string of the molecule is CC[C@@H](NC(=O)CCl)c1ccccc1. The number of nitrogens with one attached hydrogen (secondary N) is 1.